The van der Waals surface area contributed by atoms with Crippen LogP contribution in [0.4, 0.5) is 5.69 Å². The Hall–Kier alpha value is -1.09. The molecule has 0 atom stereocenters. The second-order valence-corrected chi connectivity index (χ2v) is 2.80. The molecule has 1 aromatic rings. The summed E-state index contributed by atoms with van der Waals surface area (Å²) >= 11 is 0. The van der Waals surface area contributed by atoms with Gasteiger partial charge in [-0.3, -0.25) is 4.98 Å². The summed E-state index contributed by atoms with van der Waals surface area (Å²) in [5, 5.41) is 0. The van der Waals surface area contributed by atoms with Crippen molar-refractivity contribution < 1.29 is 4.74 Å². The highest BCUT2D eigenvalue weighted by molar-refractivity contribution is 5.44. The first kappa shape index (κ1) is 11.0. The van der Waals surface area contributed by atoms with Crippen LogP contribution >= 0.6 is 0 Å². The van der Waals surface area contributed by atoms with E-state index in [0.29, 0.717) is 0 Å². The highest BCUT2D eigenvalue weighted by atomic mass is 16.5. The molecular formula is C11H18N2O. The monoisotopic (exact) mass is 194 g/mol. The molecule has 0 spiro atoms. The summed E-state index contributed by atoms with van der Waals surface area (Å²) in [6.45, 7) is 7.65. The van der Waals surface area contributed by atoms with Crippen molar-refractivity contribution in [1.29, 1.82) is 0 Å². The number of rotatable bonds is 1. The van der Waals surface area contributed by atoms with E-state index in [2.05, 4.69) is 9.88 Å². The summed E-state index contributed by atoms with van der Waals surface area (Å²) < 4.78 is 5.26. The van der Waals surface area contributed by atoms with Gasteiger partial charge < -0.3 is 9.64 Å². The number of anilines is 1. The molecule has 78 valence electrons. The summed E-state index contributed by atoms with van der Waals surface area (Å²) in [5.41, 5.74) is 1.24. The second-order valence-electron chi connectivity index (χ2n) is 2.80. The first-order chi connectivity index (χ1) is 6.97. The molecular weight excluding hydrogens is 176 g/mol. The summed E-state index contributed by atoms with van der Waals surface area (Å²) in [7, 11) is 0. The van der Waals surface area contributed by atoms with Crippen molar-refractivity contribution in [3.8, 4) is 0 Å². The SMILES string of the molecule is CC.c1cc(N2CCOCC2)ccn1. The van der Waals surface area contributed by atoms with E-state index in [4.69, 9.17) is 4.74 Å². The summed E-state index contributed by atoms with van der Waals surface area (Å²) in [5.74, 6) is 0. The highest BCUT2D eigenvalue weighted by Gasteiger charge is 2.09. The Morgan fingerprint density at radius 3 is 2.29 bits per heavy atom. The fourth-order valence-corrected chi connectivity index (χ4v) is 1.38. The molecule has 1 fully saturated rings. The lowest BCUT2D eigenvalue weighted by Crippen LogP contribution is -2.36. The second kappa shape index (κ2) is 6.38. The van der Waals surface area contributed by atoms with Gasteiger partial charge in [0, 0.05) is 31.2 Å². The molecule has 0 aliphatic carbocycles. The van der Waals surface area contributed by atoms with Gasteiger partial charge in [0.15, 0.2) is 0 Å². The van der Waals surface area contributed by atoms with E-state index in [1.54, 1.807) is 0 Å². The molecule has 1 aliphatic heterocycles. The zero-order valence-electron chi connectivity index (χ0n) is 8.94. The summed E-state index contributed by atoms with van der Waals surface area (Å²) in [6, 6.07) is 4.07. The Labute approximate surface area is 85.7 Å². The molecule has 3 heteroatoms. The van der Waals surface area contributed by atoms with Gasteiger partial charge in [0.1, 0.15) is 0 Å². The first-order valence-electron chi connectivity index (χ1n) is 5.19. The zero-order chi connectivity index (χ0) is 10.2. The molecule has 0 N–H and O–H groups in total. The van der Waals surface area contributed by atoms with Gasteiger partial charge in [-0.1, -0.05) is 13.8 Å². The standard InChI is InChI=1S/C9H12N2O.C2H6/c1-3-10-4-2-9(1)11-5-7-12-8-6-11;1-2/h1-4H,5-8H2;1-2H3. The van der Waals surface area contributed by atoms with Gasteiger partial charge in [0.2, 0.25) is 0 Å². The Kier molecular flexibility index (Phi) is 5.00. The summed E-state index contributed by atoms with van der Waals surface area (Å²) in [6.07, 6.45) is 3.65. The van der Waals surface area contributed by atoms with Crippen molar-refractivity contribution in [1.82, 2.24) is 4.98 Å². The number of morpholine rings is 1. The van der Waals surface area contributed by atoms with Gasteiger partial charge in [-0.2, -0.15) is 0 Å². The van der Waals surface area contributed by atoms with Gasteiger partial charge in [-0.15, -0.1) is 0 Å². The van der Waals surface area contributed by atoms with E-state index < -0.39 is 0 Å². The van der Waals surface area contributed by atoms with E-state index in [9.17, 15) is 0 Å². The van der Waals surface area contributed by atoms with Crippen LogP contribution in [0, 0.1) is 0 Å². The minimum Gasteiger partial charge on any atom is -0.378 e. The van der Waals surface area contributed by atoms with Crippen LogP contribution in [-0.2, 0) is 4.74 Å². The van der Waals surface area contributed by atoms with Crippen LogP contribution in [0.3, 0.4) is 0 Å². The van der Waals surface area contributed by atoms with Crippen molar-refractivity contribution in [2.75, 3.05) is 31.2 Å². The minimum atomic E-state index is 0.836. The number of nitrogens with zero attached hydrogens (tertiary/aromatic N) is 2. The number of pyridine rings is 1. The first-order valence-corrected chi connectivity index (χ1v) is 5.19. The van der Waals surface area contributed by atoms with Gasteiger partial charge in [-0.25, -0.2) is 0 Å². The van der Waals surface area contributed by atoms with Crippen molar-refractivity contribution in [3.63, 3.8) is 0 Å². The molecule has 2 heterocycles. The molecule has 1 saturated heterocycles. The molecule has 3 nitrogen and oxygen atoms in total. The van der Waals surface area contributed by atoms with Gasteiger partial charge >= 0.3 is 0 Å². The topological polar surface area (TPSA) is 25.4 Å². The average Bonchev–Trinajstić information content (AvgIpc) is 2.34. The highest BCUT2D eigenvalue weighted by Crippen LogP contribution is 2.12. The Morgan fingerprint density at radius 1 is 1.14 bits per heavy atom. The molecule has 0 radical (unpaired) electrons. The molecule has 0 amide bonds. The quantitative estimate of drug-likeness (QED) is 0.683. The van der Waals surface area contributed by atoms with Crippen LogP contribution in [0.2, 0.25) is 0 Å². The van der Waals surface area contributed by atoms with Crippen LogP contribution in [0.5, 0.6) is 0 Å². The van der Waals surface area contributed by atoms with Crippen LogP contribution in [0.15, 0.2) is 24.5 Å². The molecule has 0 aromatic carbocycles. The molecule has 14 heavy (non-hydrogen) atoms. The third-order valence-corrected chi connectivity index (χ3v) is 2.04. The maximum Gasteiger partial charge on any atom is 0.0642 e. The van der Waals surface area contributed by atoms with Crippen molar-refractivity contribution in [2.45, 2.75) is 13.8 Å². The predicted molar refractivity (Wildman–Crippen MR) is 58.6 cm³/mol. The fourth-order valence-electron chi connectivity index (χ4n) is 1.38. The lowest BCUT2D eigenvalue weighted by atomic mass is 10.3. The van der Waals surface area contributed by atoms with E-state index in [0.717, 1.165) is 26.3 Å². The Balaban J connectivity index is 0.000000461. The van der Waals surface area contributed by atoms with Crippen molar-refractivity contribution in [2.24, 2.45) is 0 Å². The lowest BCUT2D eigenvalue weighted by Gasteiger charge is -2.28. The third-order valence-electron chi connectivity index (χ3n) is 2.04. The molecule has 0 unspecified atom stereocenters. The summed E-state index contributed by atoms with van der Waals surface area (Å²) in [4.78, 5) is 6.29. The molecule has 0 saturated carbocycles. The number of hydrogen-bond acceptors (Lipinski definition) is 3. The maximum atomic E-state index is 5.26. The fraction of sp³-hybridized carbons (Fsp3) is 0.545. The van der Waals surface area contributed by atoms with Gasteiger partial charge in [-0.05, 0) is 12.1 Å². The largest absolute Gasteiger partial charge is 0.378 e. The van der Waals surface area contributed by atoms with E-state index in [1.807, 2.05) is 38.4 Å². The number of hydrogen-bond donors (Lipinski definition) is 0. The molecule has 1 aliphatic rings. The zero-order valence-corrected chi connectivity index (χ0v) is 8.94. The predicted octanol–water partition coefficient (Wildman–Crippen LogP) is 1.94. The minimum absolute atomic E-state index is 0.836. The molecule has 2 rings (SSSR count). The van der Waals surface area contributed by atoms with Crippen molar-refractivity contribution >= 4 is 5.69 Å². The maximum absolute atomic E-state index is 5.26. The molecule has 1 aromatic heterocycles. The number of ether oxygens (including phenoxy) is 1. The normalized spacial score (nSPS) is 15.7. The van der Waals surface area contributed by atoms with Crippen molar-refractivity contribution in [3.05, 3.63) is 24.5 Å². The van der Waals surface area contributed by atoms with Crippen LogP contribution in [-0.4, -0.2) is 31.3 Å². The van der Waals surface area contributed by atoms with Crippen LogP contribution in [0.1, 0.15) is 13.8 Å². The third kappa shape index (κ3) is 3.00. The van der Waals surface area contributed by atoms with E-state index >= 15 is 0 Å². The molecule has 0 bridgehead atoms. The Morgan fingerprint density at radius 2 is 1.71 bits per heavy atom. The van der Waals surface area contributed by atoms with Crippen LogP contribution in [0.25, 0.3) is 0 Å². The number of aromatic nitrogens is 1. The lowest BCUT2D eigenvalue weighted by molar-refractivity contribution is 0.122. The van der Waals surface area contributed by atoms with Gasteiger partial charge in [0.05, 0.1) is 13.2 Å². The van der Waals surface area contributed by atoms with E-state index in [1.165, 1.54) is 5.69 Å². The Bertz CT molecular complexity index is 232. The van der Waals surface area contributed by atoms with Crippen LogP contribution < -0.4 is 4.90 Å². The smallest absolute Gasteiger partial charge is 0.0642 e. The van der Waals surface area contributed by atoms with Gasteiger partial charge in [0.25, 0.3) is 0 Å². The van der Waals surface area contributed by atoms with E-state index in [-0.39, 0.29) is 0 Å². The average molecular weight is 194 g/mol.